The first-order valence-electron chi connectivity index (χ1n) is 5.51. The zero-order chi connectivity index (χ0) is 12.8. The Labute approximate surface area is 101 Å². The van der Waals surface area contributed by atoms with Crippen LogP contribution in [0.4, 0.5) is 4.39 Å². The van der Waals surface area contributed by atoms with Crippen LogP contribution >= 0.6 is 0 Å². The highest BCUT2D eigenvalue weighted by Gasteiger charge is 2.15. The first-order chi connectivity index (χ1) is 8.08. The lowest BCUT2D eigenvalue weighted by Crippen LogP contribution is -2.10. The normalized spacial score (nSPS) is 11.6. The van der Waals surface area contributed by atoms with Crippen molar-refractivity contribution in [2.24, 2.45) is 0 Å². The first kappa shape index (κ1) is 13.2. The maximum atomic E-state index is 13.1. The summed E-state index contributed by atoms with van der Waals surface area (Å²) in [4.78, 5) is 11.1. The van der Waals surface area contributed by atoms with Crippen molar-refractivity contribution in [3.05, 3.63) is 35.1 Å². The Kier molecular flexibility index (Phi) is 4.71. The van der Waals surface area contributed by atoms with Gasteiger partial charge in [-0.1, -0.05) is 19.4 Å². The molecule has 0 aliphatic carbocycles. The van der Waals surface area contributed by atoms with Crippen LogP contribution < -0.4 is 0 Å². The number of benzene rings is 1. The van der Waals surface area contributed by atoms with Crippen molar-refractivity contribution in [3.63, 3.8) is 0 Å². The van der Waals surface area contributed by atoms with Gasteiger partial charge in [0.05, 0.1) is 0 Å². The Hall–Kier alpha value is -1.82. The second kappa shape index (κ2) is 6.05. The standard InChI is InChI=1S/C14H15FO2/c1-4-6-13(17-14(16)5-2)11-7-8-12(15)10(3)9-11/h2,7-9,13H,4,6H2,1,3H3. The fourth-order valence-electron chi connectivity index (χ4n) is 1.59. The lowest BCUT2D eigenvalue weighted by atomic mass is 10.0. The van der Waals surface area contributed by atoms with Gasteiger partial charge in [-0.2, -0.15) is 0 Å². The van der Waals surface area contributed by atoms with Crippen LogP contribution in [-0.4, -0.2) is 5.97 Å². The van der Waals surface area contributed by atoms with Gasteiger partial charge in [-0.25, -0.2) is 9.18 Å². The number of ether oxygens (including phenoxy) is 1. The molecular formula is C14H15FO2. The molecule has 90 valence electrons. The monoisotopic (exact) mass is 234 g/mol. The molecule has 0 bridgehead atoms. The molecule has 3 heteroatoms. The van der Waals surface area contributed by atoms with E-state index in [0.29, 0.717) is 12.0 Å². The van der Waals surface area contributed by atoms with Crippen LogP contribution in [0.1, 0.15) is 37.0 Å². The van der Waals surface area contributed by atoms with Gasteiger partial charge in [0.1, 0.15) is 11.9 Å². The second-order valence-electron chi connectivity index (χ2n) is 3.84. The van der Waals surface area contributed by atoms with Gasteiger partial charge < -0.3 is 4.74 Å². The highest BCUT2D eigenvalue weighted by Crippen LogP contribution is 2.24. The van der Waals surface area contributed by atoms with Crippen LogP contribution in [0.25, 0.3) is 0 Å². The van der Waals surface area contributed by atoms with Crippen LogP contribution in [-0.2, 0) is 9.53 Å². The largest absolute Gasteiger partial charge is 0.448 e. The minimum Gasteiger partial charge on any atom is -0.448 e. The summed E-state index contributed by atoms with van der Waals surface area (Å²) in [6.07, 6.45) is 6.08. The second-order valence-corrected chi connectivity index (χ2v) is 3.84. The summed E-state index contributed by atoms with van der Waals surface area (Å²) in [5.41, 5.74) is 1.30. The summed E-state index contributed by atoms with van der Waals surface area (Å²) in [5.74, 6) is 0.954. The van der Waals surface area contributed by atoms with Gasteiger partial charge in [0.2, 0.25) is 0 Å². The smallest absolute Gasteiger partial charge is 0.384 e. The minimum atomic E-state index is -0.689. The molecule has 0 spiro atoms. The van der Waals surface area contributed by atoms with E-state index >= 15 is 0 Å². The quantitative estimate of drug-likeness (QED) is 0.454. The molecule has 0 saturated carbocycles. The number of aryl methyl sites for hydroxylation is 1. The average molecular weight is 234 g/mol. The molecule has 0 aliphatic heterocycles. The molecule has 0 aliphatic rings. The van der Waals surface area contributed by atoms with E-state index in [9.17, 15) is 9.18 Å². The van der Waals surface area contributed by atoms with Crippen molar-refractivity contribution in [2.75, 3.05) is 0 Å². The maximum absolute atomic E-state index is 13.1. The van der Waals surface area contributed by atoms with E-state index in [1.165, 1.54) is 6.07 Å². The summed E-state index contributed by atoms with van der Waals surface area (Å²) in [6, 6.07) is 4.67. The Morgan fingerprint density at radius 2 is 2.29 bits per heavy atom. The van der Waals surface area contributed by atoms with Crippen molar-refractivity contribution in [2.45, 2.75) is 32.8 Å². The fraction of sp³-hybridized carbons (Fsp3) is 0.357. The number of esters is 1. The molecule has 0 fully saturated rings. The minimum absolute atomic E-state index is 0.271. The van der Waals surface area contributed by atoms with Crippen molar-refractivity contribution in [1.82, 2.24) is 0 Å². The fourth-order valence-corrected chi connectivity index (χ4v) is 1.59. The van der Waals surface area contributed by atoms with Crippen LogP contribution in [0.15, 0.2) is 18.2 Å². The van der Waals surface area contributed by atoms with E-state index < -0.39 is 12.1 Å². The van der Waals surface area contributed by atoms with Gasteiger partial charge in [-0.05, 0) is 36.6 Å². The zero-order valence-corrected chi connectivity index (χ0v) is 10.00. The van der Waals surface area contributed by atoms with Crippen molar-refractivity contribution in [3.8, 4) is 12.3 Å². The molecule has 1 atom stereocenters. The maximum Gasteiger partial charge on any atom is 0.384 e. The Balaban J connectivity index is 2.93. The molecule has 0 radical (unpaired) electrons. The Morgan fingerprint density at radius 3 is 2.82 bits per heavy atom. The third-order valence-electron chi connectivity index (χ3n) is 2.47. The predicted molar refractivity (Wildman–Crippen MR) is 63.7 cm³/mol. The summed E-state index contributed by atoms with van der Waals surface area (Å²) < 4.78 is 18.3. The summed E-state index contributed by atoms with van der Waals surface area (Å²) in [6.45, 7) is 3.65. The summed E-state index contributed by atoms with van der Waals surface area (Å²) in [7, 11) is 0. The Bertz CT molecular complexity index is 446. The van der Waals surface area contributed by atoms with Gasteiger partial charge >= 0.3 is 5.97 Å². The molecule has 1 aromatic rings. The third-order valence-corrected chi connectivity index (χ3v) is 2.47. The van der Waals surface area contributed by atoms with Crippen LogP contribution in [0, 0.1) is 25.1 Å². The molecule has 0 amide bonds. The van der Waals surface area contributed by atoms with Gasteiger partial charge in [0.15, 0.2) is 0 Å². The van der Waals surface area contributed by atoms with E-state index in [-0.39, 0.29) is 5.82 Å². The number of carbonyl (C=O) groups excluding carboxylic acids is 1. The molecular weight excluding hydrogens is 219 g/mol. The van der Waals surface area contributed by atoms with Gasteiger partial charge in [-0.15, -0.1) is 6.42 Å². The van der Waals surface area contributed by atoms with E-state index in [1.807, 2.05) is 12.8 Å². The topological polar surface area (TPSA) is 26.3 Å². The lowest BCUT2D eigenvalue weighted by Gasteiger charge is -2.16. The van der Waals surface area contributed by atoms with Gasteiger partial charge in [0, 0.05) is 5.92 Å². The van der Waals surface area contributed by atoms with Crippen molar-refractivity contribution in [1.29, 1.82) is 0 Å². The van der Waals surface area contributed by atoms with E-state index in [0.717, 1.165) is 12.0 Å². The Morgan fingerprint density at radius 1 is 1.59 bits per heavy atom. The SMILES string of the molecule is C#CC(=O)OC(CCC)c1ccc(F)c(C)c1. The highest BCUT2D eigenvalue weighted by atomic mass is 19.1. The van der Waals surface area contributed by atoms with Crippen LogP contribution in [0.5, 0.6) is 0 Å². The number of carbonyl (C=O) groups is 1. The molecule has 1 rings (SSSR count). The molecule has 1 aromatic carbocycles. The van der Waals surface area contributed by atoms with Crippen LogP contribution in [0.3, 0.4) is 0 Å². The number of rotatable bonds is 4. The van der Waals surface area contributed by atoms with E-state index in [1.54, 1.807) is 19.1 Å². The highest BCUT2D eigenvalue weighted by molar-refractivity contribution is 5.87. The molecule has 0 N–H and O–H groups in total. The first-order valence-corrected chi connectivity index (χ1v) is 5.51. The number of terminal acetylenes is 1. The van der Waals surface area contributed by atoms with Crippen molar-refractivity contribution >= 4 is 5.97 Å². The average Bonchev–Trinajstić information content (AvgIpc) is 2.32. The molecule has 0 heterocycles. The van der Waals surface area contributed by atoms with Gasteiger partial charge in [0.25, 0.3) is 0 Å². The van der Waals surface area contributed by atoms with Crippen molar-refractivity contribution < 1.29 is 13.9 Å². The zero-order valence-electron chi connectivity index (χ0n) is 10.00. The van der Waals surface area contributed by atoms with Crippen LogP contribution in [0.2, 0.25) is 0 Å². The number of hydrogen-bond donors (Lipinski definition) is 0. The van der Waals surface area contributed by atoms with Gasteiger partial charge in [-0.3, -0.25) is 0 Å². The number of hydrogen-bond acceptors (Lipinski definition) is 2. The molecule has 0 saturated heterocycles. The summed E-state index contributed by atoms with van der Waals surface area (Å²) in [5, 5.41) is 0. The van der Waals surface area contributed by atoms with E-state index in [4.69, 9.17) is 11.2 Å². The predicted octanol–water partition coefficient (Wildman–Crippen LogP) is 3.15. The van der Waals surface area contributed by atoms with E-state index in [2.05, 4.69) is 0 Å². The summed E-state index contributed by atoms with van der Waals surface area (Å²) >= 11 is 0. The lowest BCUT2D eigenvalue weighted by molar-refractivity contribution is -0.142. The molecule has 2 nitrogen and oxygen atoms in total. The molecule has 17 heavy (non-hydrogen) atoms. The molecule has 0 aromatic heterocycles. The molecule has 1 unspecified atom stereocenters. The number of halogens is 1. The third kappa shape index (κ3) is 3.60.